The Morgan fingerprint density at radius 1 is 0.424 bits per heavy atom. The second-order valence-corrected chi connectivity index (χ2v) is 16.3. The summed E-state index contributed by atoms with van der Waals surface area (Å²) in [5.41, 5.74) is 1.36. The molecule has 3 nitrogen and oxygen atoms in total. The van der Waals surface area contributed by atoms with Crippen molar-refractivity contribution in [3.63, 3.8) is 0 Å². The van der Waals surface area contributed by atoms with Gasteiger partial charge in [0, 0.05) is 21.5 Å². The summed E-state index contributed by atoms with van der Waals surface area (Å²) >= 11 is 0. The van der Waals surface area contributed by atoms with Crippen LogP contribution < -0.4 is 0 Å². The van der Waals surface area contributed by atoms with Gasteiger partial charge in [-0.3, -0.25) is 0 Å². The van der Waals surface area contributed by atoms with Gasteiger partial charge >= 0.3 is 18.5 Å². The van der Waals surface area contributed by atoms with Crippen molar-refractivity contribution in [3.8, 4) is 50.8 Å². The molecule has 2 aromatic heterocycles. The van der Waals surface area contributed by atoms with Crippen molar-refractivity contribution in [2.24, 2.45) is 0 Å². The number of rotatable bonds is 5. The van der Waals surface area contributed by atoms with Crippen LogP contribution in [0.5, 0.6) is 0 Å². The van der Waals surface area contributed by atoms with Crippen LogP contribution in [0.25, 0.3) is 88.4 Å². The summed E-state index contributed by atoms with van der Waals surface area (Å²) in [6.07, 6.45) is -15.2. The van der Waals surface area contributed by atoms with E-state index in [9.17, 15) is 31.6 Å². The number of halogens is 9. The number of hydrogen-bond acceptors (Lipinski definition) is 1. The first-order chi connectivity index (χ1) is 31.4. The molecule has 0 bridgehead atoms. The van der Waals surface area contributed by atoms with E-state index in [4.69, 9.17) is 0 Å². The lowest BCUT2D eigenvalue weighted by Gasteiger charge is -2.23. The molecule has 0 aliphatic heterocycles. The Morgan fingerprint density at radius 2 is 0.970 bits per heavy atom. The van der Waals surface area contributed by atoms with Crippen LogP contribution in [0.3, 0.4) is 0 Å². The summed E-state index contributed by atoms with van der Waals surface area (Å²) in [6.45, 7) is 4.00. The summed E-state index contributed by atoms with van der Waals surface area (Å²) in [5, 5.41) is 11.9. The Kier molecular flexibility index (Phi) is 9.69. The van der Waals surface area contributed by atoms with E-state index in [0.717, 1.165) is 28.3 Å². The van der Waals surface area contributed by atoms with E-state index in [2.05, 4.69) is 12.1 Å². The maximum Gasteiger partial charge on any atom is 0.420 e. The fourth-order valence-electron chi connectivity index (χ4n) is 9.33. The van der Waals surface area contributed by atoms with Crippen LogP contribution in [0, 0.1) is 25.2 Å². The minimum absolute atomic E-state index is 0.0613. The third-order valence-electron chi connectivity index (χ3n) is 12.2. The standard InChI is InChI=1S/C54H32F9N3/c1-30-14-18-38(31(2)22-30)34-15-20-47-42(24-34)40-10-3-5-12-45(40)65(47)49-26-36(33-9-7-8-32(23-33)29-64)27-50(51(49)54(61,62)63)66-46-13-6-4-11-41(46)43-25-35(16-21-48(43)66)39-19-17-37(52(55,56)57)28-44(39)53(58,59)60/h3-28H,1-2H3. The van der Waals surface area contributed by atoms with Crippen LogP contribution in [0.4, 0.5) is 39.5 Å². The van der Waals surface area contributed by atoms with E-state index in [-0.39, 0.29) is 45.0 Å². The molecule has 0 spiro atoms. The van der Waals surface area contributed by atoms with E-state index in [1.807, 2.05) is 56.3 Å². The van der Waals surface area contributed by atoms with Crippen LogP contribution in [0.1, 0.15) is 33.4 Å². The lowest BCUT2D eigenvalue weighted by Crippen LogP contribution is -2.16. The molecule has 0 radical (unpaired) electrons. The highest BCUT2D eigenvalue weighted by molar-refractivity contribution is 6.12. The number of hydrogen-bond donors (Lipinski definition) is 0. The molecule has 0 fully saturated rings. The molecule has 0 N–H and O–H groups in total. The predicted molar refractivity (Wildman–Crippen MR) is 241 cm³/mol. The first kappa shape index (κ1) is 42.2. The Hall–Kier alpha value is -7.78. The van der Waals surface area contributed by atoms with Crippen molar-refractivity contribution in [2.45, 2.75) is 32.4 Å². The van der Waals surface area contributed by atoms with Crippen molar-refractivity contribution in [1.82, 2.24) is 9.13 Å². The second kappa shape index (κ2) is 15.2. The molecule has 0 unspecified atom stereocenters. The first-order valence-corrected chi connectivity index (χ1v) is 20.6. The van der Waals surface area contributed by atoms with Gasteiger partial charge in [0.1, 0.15) is 5.56 Å². The number of para-hydroxylation sites is 2. The molecule has 326 valence electrons. The van der Waals surface area contributed by atoms with Gasteiger partial charge in [0.25, 0.3) is 0 Å². The van der Waals surface area contributed by atoms with Gasteiger partial charge in [-0.25, -0.2) is 0 Å². The minimum atomic E-state index is -5.17. The van der Waals surface area contributed by atoms with Crippen LogP contribution >= 0.6 is 0 Å². The highest BCUT2D eigenvalue weighted by Gasteiger charge is 2.41. The monoisotopic (exact) mass is 893 g/mol. The van der Waals surface area contributed by atoms with Crippen LogP contribution in [0.15, 0.2) is 158 Å². The van der Waals surface area contributed by atoms with Crippen molar-refractivity contribution in [2.75, 3.05) is 0 Å². The molecule has 2 heterocycles. The van der Waals surface area contributed by atoms with Crippen molar-refractivity contribution >= 4 is 43.6 Å². The summed E-state index contributed by atoms with van der Waals surface area (Å²) in [5.74, 6) is 0. The summed E-state index contributed by atoms with van der Waals surface area (Å²) < 4.78 is 137. The van der Waals surface area contributed by atoms with Gasteiger partial charge in [0.15, 0.2) is 0 Å². The zero-order chi connectivity index (χ0) is 46.4. The lowest BCUT2D eigenvalue weighted by atomic mass is 9.95. The Labute approximate surface area is 370 Å². The topological polar surface area (TPSA) is 33.6 Å². The van der Waals surface area contributed by atoms with Gasteiger partial charge in [-0.15, -0.1) is 0 Å². The average Bonchev–Trinajstić information content (AvgIpc) is 3.79. The smallest absolute Gasteiger partial charge is 0.309 e. The largest absolute Gasteiger partial charge is 0.420 e. The average molecular weight is 894 g/mol. The van der Waals surface area contributed by atoms with Crippen molar-refractivity contribution in [3.05, 3.63) is 191 Å². The number of aryl methyl sites for hydroxylation is 2. The SMILES string of the molecule is Cc1ccc(-c2ccc3c(c2)c2ccccc2n3-c2cc(-c3cccc(C#N)c3)cc(-n3c4ccccc4c4cc(-c5ccc(C(F)(F)F)cc5C(F)(F)F)ccc43)c2C(F)(F)F)c(C)c1. The third kappa shape index (κ3) is 7.02. The Balaban J connectivity index is 1.30. The summed E-state index contributed by atoms with van der Waals surface area (Å²) in [7, 11) is 0. The van der Waals surface area contributed by atoms with E-state index < -0.39 is 40.8 Å². The Morgan fingerprint density at radius 3 is 1.50 bits per heavy atom. The summed E-state index contributed by atoms with van der Waals surface area (Å²) in [4.78, 5) is 0. The third-order valence-corrected chi connectivity index (χ3v) is 12.2. The maximum absolute atomic E-state index is 16.4. The molecule has 12 heteroatoms. The van der Waals surface area contributed by atoms with Crippen molar-refractivity contribution < 1.29 is 39.5 Å². The predicted octanol–water partition coefficient (Wildman–Crippen LogP) is 16.4. The molecule has 0 amide bonds. The number of alkyl halides is 9. The van der Waals surface area contributed by atoms with E-state index in [1.54, 1.807) is 65.2 Å². The van der Waals surface area contributed by atoms with Crippen LogP contribution in [-0.4, -0.2) is 9.13 Å². The molecule has 0 saturated heterocycles. The normalized spacial score (nSPS) is 12.5. The molecular formula is C54H32F9N3. The first-order valence-electron chi connectivity index (χ1n) is 20.6. The molecular weight excluding hydrogens is 862 g/mol. The van der Waals surface area contributed by atoms with Crippen LogP contribution in [0.2, 0.25) is 0 Å². The highest BCUT2D eigenvalue weighted by atomic mass is 19.4. The zero-order valence-electron chi connectivity index (χ0n) is 34.8. The van der Waals surface area contributed by atoms with Gasteiger partial charge in [-0.05, 0) is 126 Å². The Bertz CT molecular complexity index is 3650. The fraction of sp³-hybridized carbons (Fsp3) is 0.0926. The molecule has 8 aromatic carbocycles. The molecule has 0 aliphatic rings. The molecule has 66 heavy (non-hydrogen) atoms. The minimum Gasteiger partial charge on any atom is -0.309 e. The van der Waals surface area contributed by atoms with Crippen molar-refractivity contribution in [1.29, 1.82) is 5.26 Å². The molecule has 10 rings (SSSR count). The number of benzene rings is 8. The van der Waals surface area contributed by atoms with Gasteiger partial charge in [0.05, 0.1) is 56.2 Å². The molecule has 0 atom stereocenters. The maximum atomic E-state index is 16.4. The van der Waals surface area contributed by atoms with Gasteiger partial charge < -0.3 is 9.13 Å². The molecule has 0 saturated carbocycles. The highest BCUT2D eigenvalue weighted by Crippen LogP contribution is 2.48. The second-order valence-electron chi connectivity index (χ2n) is 16.3. The lowest BCUT2D eigenvalue weighted by molar-refractivity contribution is -0.143. The van der Waals surface area contributed by atoms with E-state index in [1.165, 1.54) is 34.9 Å². The number of nitriles is 1. The zero-order valence-corrected chi connectivity index (χ0v) is 34.8. The quantitative estimate of drug-likeness (QED) is 0.159. The van der Waals surface area contributed by atoms with Crippen LogP contribution in [-0.2, 0) is 18.5 Å². The molecule has 10 aromatic rings. The summed E-state index contributed by atoms with van der Waals surface area (Å²) in [6, 6.07) is 42.3. The van der Waals surface area contributed by atoms with E-state index >= 15 is 13.2 Å². The van der Waals surface area contributed by atoms with Gasteiger partial charge in [-0.1, -0.05) is 90.5 Å². The number of fused-ring (bicyclic) bond motifs is 6. The molecule has 0 aliphatic carbocycles. The number of aromatic nitrogens is 2. The van der Waals surface area contributed by atoms with Gasteiger partial charge in [0.2, 0.25) is 0 Å². The van der Waals surface area contributed by atoms with E-state index in [0.29, 0.717) is 44.4 Å². The van der Waals surface area contributed by atoms with Gasteiger partial charge in [-0.2, -0.15) is 44.8 Å². The fourth-order valence-corrected chi connectivity index (χ4v) is 9.33. The number of nitrogens with zero attached hydrogens (tertiary/aromatic N) is 3.